The van der Waals surface area contributed by atoms with Gasteiger partial charge in [0.25, 0.3) is 0 Å². The van der Waals surface area contributed by atoms with E-state index < -0.39 is 0 Å². The summed E-state index contributed by atoms with van der Waals surface area (Å²) in [6.07, 6.45) is 0.933. The largest absolute Gasteiger partial charge is 0.383 e. The maximum Gasteiger partial charge on any atom is 0.0638 e. The van der Waals surface area contributed by atoms with Crippen molar-refractivity contribution in [3.63, 3.8) is 0 Å². The highest BCUT2D eigenvalue weighted by Gasteiger charge is 1.99. The zero-order valence-electron chi connectivity index (χ0n) is 8.11. The van der Waals surface area contributed by atoms with Crippen molar-refractivity contribution in [3.8, 4) is 0 Å². The van der Waals surface area contributed by atoms with Gasteiger partial charge in [0.05, 0.1) is 10.7 Å². The topological polar surface area (TPSA) is 12.0 Å². The van der Waals surface area contributed by atoms with Crippen LogP contribution in [0.25, 0.3) is 0 Å². The lowest BCUT2D eigenvalue weighted by Gasteiger charge is -2.08. The molecule has 0 amide bonds. The van der Waals surface area contributed by atoms with Crippen molar-refractivity contribution >= 4 is 28.9 Å². The summed E-state index contributed by atoms with van der Waals surface area (Å²) >= 11 is 11.8. The van der Waals surface area contributed by atoms with Crippen LogP contribution in [0.2, 0.25) is 10.0 Å². The first kappa shape index (κ1) is 11.4. The van der Waals surface area contributed by atoms with Gasteiger partial charge in [0.15, 0.2) is 0 Å². The highest BCUT2D eigenvalue weighted by atomic mass is 35.5. The molecule has 0 aliphatic rings. The van der Waals surface area contributed by atoms with E-state index in [9.17, 15) is 0 Å². The molecule has 1 aromatic rings. The molecule has 1 nitrogen and oxygen atoms in total. The third kappa shape index (κ3) is 3.60. The molecule has 3 heteroatoms. The van der Waals surface area contributed by atoms with Crippen LogP contribution in [0.3, 0.4) is 0 Å². The van der Waals surface area contributed by atoms with Crippen LogP contribution in [0, 0.1) is 0 Å². The van der Waals surface area contributed by atoms with E-state index in [0.717, 1.165) is 24.2 Å². The molecule has 0 aliphatic heterocycles. The minimum atomic E-state index is 0.687. The third-order valence-corrected chi connectivity index (χ3v) is 2.36. The van der Waals surface area contributed by atoms with Gasteiger partial charge in [0, 0.05) is 11.6 Å². The molecule has 0 aliphatic carbocycles. The molecule has 0 unspecified atom stereocenters. The summed E-state index contributed by atoms with van der Waals surface area (Å²) < 4.78 is 0. The Bertz CT molecular complexity index is 334. The van der Waals surface area contributed by atoms with Crippen molar-refractivity contribution in [3.05, 3.63) is 40.4 Å². The SMILES string of the molecule is C=C(C)CCNc1cc(Cl)ccc1Cl. The van der Waals surface area contributed by atoms with Gasteiger partial charge >= 0.3 is 0 Å². The summed E-state index contributed by atoms with van der Waals surface area (Å²) in [4.78, 5) is 0. The Hall–Kier alpha value is -0.660. The molecule has 0 heterocycles. The molecular weight excluding hydrogens is 217 g/mol. The summed E-state index contributed by atoms with van der Waals surface area (Å²) in [6.45, 7) is 6.66. The number of hydrogen-bond donors (Lipinski definition) is 1. The van der Waals surface area contributed by atoms with Gasteiger partial charge in [-0.15, -0.1) is 6.58 Å². The van der Waals surface area contributed by atoms with E-state index in [2.05, 4.69) is 11.9 Å². The average molecular weight is 230 g/mol. The number of halogens is 2. The molecule has 14 heavy (non-hydrogen) atoms. The summed E-state index contributed by atoms with van der Waals surface area (Å²) in [5, 5.41) is 4.59. The van der Waals surface area contributed by atoms with E-state index in [-0.39, 0.29) is 0 Å². The molecule has 0 spiro atoms. The van der Waals surface area contributed by atoms with Crippen LogP contribution >= 0.6 is 23.2 Å². The zero-order chi connectivity index (χ0) is 10.6. The van der Waals surface area contributed by atoms with Crippen LogP contribution in [-0.2, 0) is 0 Å². The molecule has 0 fully saturated rings. The minimum Gasteiger partial charge on any atom is -0.383 e. The standard InChI is InChI=1S/C11H13Cl2N/c1-8(2)5-6-14-11-7-9(12)3-4-10(11)13/h3-4,7,14H,1,5-6H2,2H3. The Balaban J connectivity index is 2.57. The second kappa shape index (κ2) is 5.28. The fourth-order valence-corrected chi connectivity index (χ4v) is 1.40. The summed E-state index contributed by atoms with van der Waals surface area (Å²) in [5.41, 5.74) is 2.02. The van der Waals surface area contributed by atoms with E-state index in [0.29, 0.717) is 10.0 Å². The first-order valence-electron chi connectivity index (χ1n) is 4.43. The maximum atomic E-state index is 5.97. The van der Waals surface area contributed by atoms with Crippen LogP contribution < -0.4 is 5.32 Å². The zero-order valence-corrected chi connectivity index (χ0v) is 9.62. The Morgan fingerprint density at radius 1 is 1.43 bits per heavy atom. The summed E-state index contributed by atoms with van der Waals surface area (Å²) in [5.74, 6) is 0. The average Bonchev–Trinajstić information content (AvgIpc) is 2.10. The Morgan fingerprint density at radius 2 is 2.14 bits per heavy atom. The molecule has 1 rings (SSSR count). The monoisotopic (exact) mass is 229 g/mol. The predicted octanol–water partition coefficient (Wildman–Crippen LogP) is 4.37. The van der Waals surface area contributed by atoms with E-state index >= 15 is 0 Å². The Morgan fingerprint density at radius 3 is 2.79 bits per heavy atom. The molecule has 0 radical (unpaired) electrons. The van der Waals surface area contributed by atoms with Gasteiger partial charge in [-0.1, -0.05) is 28.8 Å². The molecular formula is C11H13Cl2N. The van der Waals surface area contributed by atoms with Crippen molar-refractivity contribution in [2.75, 3.05) is 11.9 Å². The Kier molecular flexibility index (Phi) is 4.30. The number of benzene rings is 1. The fraction of sp³-hybridized carbons (Fsp3) is 0.273. The lowest BCUT2D eigenvalue weighted by molar-refractivity contribution is 1.00. The molecule has 1 aromatic carbocycles. The summed E-state index contributed by atoms with van der Waals surface area (Å²) in [7, 11) is 0. The van der Waals surface area contributed by atoms with Gasteiger partial charge in [-0.05, 0) is 31.5 Å². The minimum absolute atomic E-state index is 0.687. The number of hydrogen-bond acceptors (Lipinski definition) is 1. The lowest BCUT2D eigenvalue weighted by Crippen LogP contribution is -2.01. The number of rotatable bonds is 4. The van der Waals surface area contributed by atoms with E-state index in [1.807, 2.05) is 13.0 Å². The second-order valence-electron chi connectivity index (χ2n) is 3.26. The van der Waals surface area contributed by atoms with E-state index in [4.69, 9.17) is 23.2 Å². The van der Waals surface area contributed by atoms with Gasteiger partial charge in [0.1, 0.15) is 0 Å². The van der Waals surface area contributed by atoms with Gasteiger partial charge in [0.2, 0.25) is 0 Å². The van der Waals surface area contributed by atoms with Crippen LogP contribution in [0.4, 0.5) is 5.69 Å². The molecule has 76 valence electrons. The third-order valence-electron chi connectivity index (χ3n) is 1.80. The molecule has 0 bridgehead atoms. The number of nitrogens with one attached hydrogen (secondary N) is 1. The lowest BCUT2D eigenvalue weighted by atomic mass is 10.2. The van der Waals surface area contributed by atoms with Gasteiger partial charge in [-0.25, -0.2) is 0 Å². The van der Waals surface area contributed by atoms with Crippen molar-refractivity contribution in [2.45, 2.75) is 13.3 Å². The highest BCUT2D eigenvalue weighted by Crippen LogP contribution is 2.25. The van der Waals surface area contributed by atoms with Crippen molar-refractivity contribution in [1.29, 1.82) is 0 Å². The molecule has 0 saturated carbocycles. The van der Waals surface area contributed by atoms with Crippen LogP contribution in [0.5, 0.6) is 0 Å². The smallest absolute Gasteiger partial charge is 0.0638 e. The van der Waals surface area contributed by atoms with E-state index in [1.54, 1.807) is 12.1 Å². The Labute approximate surface area is 94.7 Å². The molecule has 0 saturated heterocycles. The normalized spacial score (nSPS) is 9.93. The first-order valence-corrected chi connectivity index (χ1v) is 5.18. The van der Waals surface area contributed by atoms with Crippen LogP contribution in [0.1, 0.15) is 13.3 Å². The fourth-order valence-electron chi connectivity index (χ4n) is 1.04. The van der Waals surface area contributed by atoms with Gasteiger partial charge in [-0.2, -0.15) is 0 Å². The van der Waals surface area contributed by atoms with Crippen LogP contribution in [0.15, 0.2) is 30.4 Å². The van der Waals surface area contributed by atoms with Gasteiger partial charge in [-0.3, -0.25) is 0 Å². The van der Waals surface area contributed by atoms with Crippen LogP contribution in [-0.4, -0.2) is 6.54 Å². The predicted molar refractivity (Wildman–Crippen MR) is 64.4 cm³/mol. The summed E-state index contributed by atoms with van der Waals surface area (Å²) in [6, 6.07) is 5.38. The quantitative estimate of drug-likeness (QED) is 0.757. The maximum absolute atomic E-state index is 5.97. The molecule has 0 atom stereocenters. The van der Waals surface area contributed by atoms with Crippen molar-refractivity contribution < 1.29 is 0 Å². The van der Waals surface area contributed by atoms with Crippen molar-refractivity contribution in [2.24, 2.45) is 0 Å². The van der Waals surface area contributed by atoms with E-state index in [1.165, 1.54) is 0 Å². The molecule has 0 aromatic heterocycles. The second-order valence-corrected chi connectivity index (χ2v) is 4.10. The highest BCUT2D eigenvalue weighted by molar-refractivity contribution is 6.35. The number of anilines is 1. The van der Waals surface area contributed by atoms with Crippen molar-refractivity contribution in [1.82, 2.24) is 0 Å². The molecule has 1 N–H and O–H groups in total. The van der Waals surface area contributed by atoms with Gasteiger partial charge < -0.3 is 5.32 Å². The first-order chi connectivity index (χ1) is 6.59.